The van der Waals surface area contributed by atoms with Crippen molar-refractivity contribution in [1.29, 1.82) is 0 Å². The van der Waals surface area contributed by atoms with Crippen LogP contribution in [-0.2, 0) is 0 Å². The minimum Gasteiger partial charge on any atom is -0.395 e. The van der Waals surface area contributed by atoms with Crippen molar-refractivity contribution >= 4 is 5.91 Å². The van der Waals surface area contributed by atoms with Crippen molar-refractivity contribution in [1.82, 2.24) is 9.88 Å². The third-order valence-corrected chi connectivity index (χ3v) is 3.41. The smallest absolute Gasteiger partial charge is 0.255 e. The van der Waals surface area contributed by atoms with Crippen LogP contribution < -0.4 is 0 Å². The van der Waals surface area contributed by atoms with Crippen molar-refractivity contribution in [2.45, 2.75) is 13.8 Å². The van der Waals surface area contributed by atoms with Gasteiger partial charge in [-0.3, -0.25) is 9.78 Å². The molecule has 1 aromatic carbocycles. The second kappa shape index (κ2) is 6.99. The Morgan fingerprint density at radius 1 is 1.19 bits per heavy atom. The van der Waals surface area contributed by atoms with Gasteiger partial charge in [-0.2, -0.15) is 0 Å². The summed E-state index contributed by atoms with van der Waals surface area (Å²) in [5, 5.41) is 9.01. The molecule has 0 spiro atoms. The molecule has 1 heterocycles. The molecule has 0 saturated heterocycles. The van der Waals surface area contributed by atoms with Crippen LogP contribution in [0.4, 0.5) is 0 Å². The first-order chi connectivity index (χ1) is 10.2. The third-order valence-electron chi connectivity index (χ3n) is 3.41. The van der Waals surface area contributed by atoms with Gasteiger partial charge in [0.2, 0.25) is 0 Å². The lowest BCUT2D eigenvalue weighted by Gasteiger charge is -2.19. The molecule has 1 N–H and O–H groups in total. The maximum Gasteiger partial charge on any atom is 0.255 e. The van der Waals surface area contributed by atoms with Crippen LogP contribution in [0, 0.1) is 6.92 Å². The number of benzene rings is 1. The molecule has 1 amide bonds. The number of nitrogens with zero attached hydrogens (tertiary/aromatic N) is 2. The lowest BCUT2D eigenvalue weighted by molar-refractivity contribution is 0.0731. The van der Waals surface area contributed by atoms with E-state index in [1.54, 1.807) is 17.3 Å². The summed E-state index contributed by atoms with van der Waals surface area (Å²) in [6.07, 6.45) is 3.32. The Morgan fingerprint density at radius 3 is 2.52 bits per heavy atom. The Kier molecular flexibility index (Phi) is 5.06. The largest absolute Gasteiger partial charge is 0.395 e. The fraction of sp³-hybridized carbons (Fsp3) is 0.294. The number of aliphatic hydroxyl groups excluding tert-OH is 1. The number of carbonyl (C=O) groups is 1. The molecule has 0 unspecified atom stereocenters. The number of aromatic nitrogens is 1. The molecule has 2 aromatic rings. The summed E-state index contributed by atoms with van der Waals surface area (Å²) < 4.78 is 0. The van der Waals surface area contributed by atoms with E-state index in [0.29, 0.717) is 18.7 Å². The predicted molar refractivity (Wildman–Crippen MR) is 83.1 cm³/mol. The number of carbonyl (C=O) groups excluding carboxylic acids is 1. The van der Waals surface area contributed by atoms with Crippen LogP contribution in [0.15, 0.2) is 42.7 Å². The van der Waals surface area contributed by atoms with Gasteiger partial charge in [-0.1, -0.05) is 29.8 Å². The van der Waals surface area contributed by atoms with Crippen molar-refractivity contribution < 1.29 is 9.90 Å². The Bertz CT molecular complexity index is 608. The maximum absolute atomic E-state index is 12.4. The fourth-order valence-corrected chi connectivity index (χ4v) is 2.17. The van der Waals surface area contributed by atoms with Crippen molar-refractivity contribution in [3.63, 3.8) is 0 Å². The van der Waals surface area contributed by atoms with E-state index in [-0.39, 0.29) is 12.5 Å². The van der Waals surface area contributed by atoms with Crippen LogP contribution in [0.2, 0.25) is 0 Å². The Labute approximate surface area is 125 Å². The van der Waals surface area contributed by atoms with Gasteiger partial charge in [0.05, 0.1) is 12.2 Å². The number of amides is 1. The van der Waals surface area contributed by atoms with Gasteiger partial charge in [-0.15, -0.1) is 0 Å². The number of hydrogen-bond acceptors (Lipinski definition) is 3. The zero-order chi connectivity index (χ0) is 15.2. The molecule has 2 rings (SSSR count). The number of rotatable bonds is 5. The van der Waals surface area contributed by atoms with Gasteiger partial charge in [0.1, 0.15) is 0 Å². The molecule has 110 valence electrons. The minimum absolute atomic E-state index is 0.0370. The average molecular weight is 284 g/mol. The summed E-state index contributed by atoms with van der Waals surface area (Å²) in [4.78, 5) is 18.2. The maximum atomic E-state index is 12.4. The molecule has 0 aliphatic carbocycles. The van der Waals surface area contributed by atoms with Gasteiger partial charge in [-0.25, -0.2) is 0 Å². The Morgan fingerprint density at radius 2 is 1.90 bits per heavy atom. The van der Waals surface area contributed by atoms with Crippen LogP contribution in [0.1, 0.15) is 22.8 Å². The molecule has 0 atom stereocenters. The van der Waals surface area contributed by atoms with E-state index < -0.39 is 0 Å². The Hall–Kier alpha value is -2.20. The Balaban J connectivity index is 2.28. The number of likely N-dealkylation sites (N-methyl/N-ethyl adjacent to an activating group) is 1. The molecule has 0 saturated carbocycles. The van der Waals surface area contributed by atoms with E-state index in [4.69, 9.17) is 5.11 Å². The summed E-state index contributed by atoms with van der Waals surface area (Å²) in [7, 11) is 0. The molecular formula is C17H20N2O2. The van der Waals surface area contributed by atoms with E-state index in [0.717, 1.165) is 11.1 Å². The second-order valence-electron chi connectivity index (χ2n) is 4.94. The molecular weight excluding hydrogens is 264 g/mol. The topological polar surface area (TPSA) is 53.4 Å². The predicted octanol–water partition coefficient (Wildman–Crippen LogP) is 2.51. The van der Waals surface area contributed by atoms with Crippen LogP contribution in [0.3, 0.4) is 0 Å². The molecule has 0 fully saturated rings. The van der Waals surface area contributed by atoms with Crippen LogP contribution in [0.25, 0.3) is 11.1 Å². The van der Waals surface area contributed by atoms with Crippen molar-refractivity contribution in [3.05, 3.63) is 53.9 Å². The van der Waals surface area contributed by atoms with Gasteiger partial charge in [-0.05, 0) is 25.5 Å². The normalized spacial score (nSPS) is 10.4. The summed E-state index contributed by atoms with van der Waals surface area (Å²) in [6.45, 7) is 4.80. The molecule has 1 aromatic heterocycles. The van der Waals surface area contributed by atoms with E-state index in [2.05, 4.69) is 4.98 Å². The first-order valence-corrected chi connectivity index (χ1v) is 7.08. The van der Waals surface area contributed by atoms with E-state index in [9.17, 15) is 4.79 Å². The first-order valence-electron chi connectivity index (χ1n) is 7.08. The third kappa shape index (κ3) is 3.67. The summed E-state index contributed by atoms with van der Waals surface area (Å²) in [5.74, 6) is -0.104. The van der Waals surface area contributed by atoms with E-state index >= 15 is 0 Å². The minimum atomic E-state index is -0.104. The van der Waals surface area contributed by atoms with Gasteiger partial charge in [0.15, 0.2) is 0 Å². The standard InChI is InChI=1S/C17H20N2O2/c1-3-19(8-9-20)17(21)16-10-15(11-18-12-16)14-6-4-13(2)5-7-14/h4-7,10-12,20H,3,8-9H2,1-2H3. The van der Waals surface area contributed by atoms with Crippen LogP contribution >= 0.6 is 0 Å². The van der Waals surface area contributed by atoms with Crippen LogP contribution in [-0.4, -0.2) is 40.6 Å². The van der Waals surface area contributed by atoms with Gasteiger partial charge in [0, 0.05) is 31.0 Å². The molecule has 0 aliphatic heterocycles. The molecule has 4 heteroatoms. The number of pyridine rings is 1. The number of aryl methyl sites for hydroxylation is 1. The highest BCUT2D eigenvalue weighted by Gasteiger charge is 2.14. The lowest BCUT2D eigenvalue weighted by Crippen LogP contribution is -2.33. The highest BCUT2D eigenvalue weighted by Crippen LogP contribution is 2.20. The summed E-state index contributed by atoms with van der Waals surface area (Å²) >= 11 is 0. The van der Waals surface area contributed by atoms with E-state index in [1.807, 2.05) is 44.2 Å². The van der Waals surface area contributed by atoms with E-state index in [1.165, 1.54) is 5.56 Å². The van der Waals surface area contributed by atoms with Crippen LogP contribution in [0.5, 0.6) is 0 Å². The fourth-order valence-electron chi connectivity index (χ4n) is 2.17. The van der Waals surface area contributed by atoms with Crippen molar-refractivity contribution in [3.8, 4) is 11.1 Å². The molecule has 21 heavy (non-hydrogen) atoms. The van der Waals surface area contributed by atoms with Gasteiger partial charge >= 0.3 is 0 Å². The first kappa shape index (κ1) is 15.2. The summed E-state index contributed by atoms with van der Waals surface area (Å²) in [6, 6.07) is 9.96. The highest BCUT2D eigenvalue weighted by atomic mass is 16.3. The average Bonchev–Trinajstić information content (AvgIpc) is 2.53. The van der Waals surface area contributed by atoms with Gasteiger partial charge < -0.3 is 10.0 Å². The van der Waals surface area contributed by atoms with Gasteiger partial charge in [0.25, 0.3) is 5.91 Å². The van der Waals surface area contributed by atoms with Crippen molar-refractivity contribution in [2.24, 2.45) is 0 Å². The highest BCUT2D eigenvalue weighted by molar-refractivity contribution is 5.95. The summed E-state index contributed by atoms with van der Waals surface area (Å²) in [5.41, 5.74) is 3.69. The molecule has 4 nitrogen and oxygen atoms in total. The number of aliphatic hydroxyl groups is 1. The number of hydrogen-bond donors (Lipinski definition) is 1. The molecule has 0 radical (unpaired) electrons. The molecule has 0 aliphatic rings. The quantitative estimate of drug-likeness (QED) is 0.918. The zero-order valence-corrected chi connectivity index (χ0v) is 12.4. The van der Waals surface area contributed by atoms with Crippen molar-refractivity contribution in [2.75, 3.05) is 19.7 Å². The molecule has 0 bridgehead atoms. The second-order valence-corrected chi connectivity index (χ2v) is 4.94. The SMILES string of the molecule is CCN(CCO)C(=O)c1cncc(-c2ccc(C)cc2)c1. The monoisotopic (exact) mass is 284 g/mol. The zero-order valence-electron chi connectivity index (χ0n) is 12.4. The lowest BCUT2D eigenvalue weighted by atomic mass is 10.0.